The zero-order chi connectivity index (χ0) is 15.0. The van der Waals surface area contributed by atoms with Gasteiger partial charge in [-0.1, -0.05) is 23.7 Å². The molecule has 0 radical (unpaired) electrons. The molecule has 1 unspecified atom stereocenters. The first kappa shape index (κ1) is 14.3. The summed E-state index contributed by atoms with van der Waals surface area (Å²) in [5.74, 6) is -0.546. The molecule has 110 valence electrons. The van der Waals surface area contributed by atoms with Crippen molar-refractivity contribution in [3.05, 3.63) is 40.5 Å². The quantitative estimate of drug-likeness (QED) is 0.833. The number of carboxylic acid groups (broad SMARTS) is 1. The van der Waals surface area contributed by atoms with Crippen molar-refractivity contribution in [2.24, 2.45) is 5.92 Å². The Balaban J connectivity index is 1.81. The number of pyridine rings is 1. The van der Waals surface area contributed by atoms with E-state index in [0.29, 0.717) is 11.7 Å². The van der Waals surface area contributed by atoms with Crippen LogP contribution >= 0.6 is 11.6 Å². The van der Waals surface area contributed by atoms with Gasteiger partial charge in [0.15, 0.2) is 0 Å². The summed E-state index contributed by atoms with van der Waals surface area (Å²) in [6, 6.07) is 7.51. The van der Waals surface area contributed by atoms with Gasteiger partial charge in [0.2, 0.25) is 0 Å². The molecule has 1 saturated carbocycles. The van der Waals surface area contributed by atoms with Crippen LogP contribution in [0, 0.1) is 12.8 Å². The highest BCUT2D eigenvalue weighted by Crippen LogP contribution is 2.33. The van der Waals surface area contributed by atoms with Gasteiger partial charge in [-0.3, -0.25) is 10.1 Å². The Morgan fingerprint density at radius 1 is 1.48 bits per heavy atom. The van der Waals surface area contributed by atoms with Crippen molar-refractivity contribution in [2.45, 2.75) is 32.4 Å². The number of hydrogen-bond donors (Lipinski definition) is 2. The van der Waals surface area contributed by atoms with Crippen molar-refractivity contribution in [1.82, 2.24) is 10.3 Å². The van der Waals surface area contributed by atoms with E-state index in [1.165, 1.54) is 0 Å². The van der Waals surface area contributed by atoms with Gasteiger partial charge in [-0.25, -0.2) is 4.98 Å². The lowest BCUT2D eigenvalue weighted by molar-refractivity contribution is -0.140. The Hall–Kier alpha value is -1.65. The summed E-state index contributed by atoms with van der Waals surface area (Å²) in [5.41, 5.74) is 2.83. The number of fused-ring (bicyclic) bond motifs is 1. The van der Waals surface area contributed by atoms with E-state index in [0.717, 1.165) is 34.9 Å². The number of benzene rings is 1. The lowest BCUT2D eigenvalue weighted by Crippen LogP contribution is -2.38. The van der Waals surface area contributed by atoms with Crippen molar-refractivity contribution < 1.29 is 9.90 Å². The molecule has 2 aromatic rings. The number of nitrogens with one attached hydrogen (secondary N) is 1. The molecule has 1 aliphatic carbocycles. The number of nitrogens with zero attached hydrogens (tertiary/aromatic N) is 1. The molecule has 21 heavy (non-hydrogen) atoms. The highest BCUT2D eigenvalue weighted by Gasteiger charge is 2.35. The summed E-state index contributed by atoms with van der Waals surface area (Å²) >= 11 is 6.22. The number of carboxylic acids is 1. The minimum absolute atomic E-state index is 0.248. The van der Waals surface area contributed by atoms with Crippen LogP contribution in [0.2, 0.25) is 5.15 Å². The lowest BCUT2D eigenvalue weighted by Gasteiger charge is -2.14. The first-order chi connectivity index (χ1) is 10.0. The average molecular weight is 305 g/mol. The normalized spacial score (nSPS) is 16.1. The summed E-state index contributed by atoms with van der Waals surface area (Å²) in [6.07, 6.45) is 1.96. The summed E-state index contributed by atoms with van der Waals surface area (Å²) in [5, 5.41) is 13.8. The van der Waals surface area contributed by atoms with E-state index in [1.54, 1.807) is 0 Å². The number of aryl methyl sites for hydroxylation is 1. The SMILES string of the molecule is Cc1ccc2cc(CNC(C(=O)O)C3CC3)c(Cl)nc2c1. The Morgan fingerprint density at radius 2 is 2.24 bits per heavy atom. The third kappa shape index (κ3) is 3.17. The van der Waals surface area contributed by atoms with Gasteiger partial charge < -0.3 is 5.11 Å². The van der Waals surface area contributed by atoms with Crippen LogP contribution in [-0.4, -0.2) is 22.1 Å². The van der Waals surface area contributed by atoms with Crippen LogP contribution in [-0.2, 0) is 11.3 Å². The van der Waals surface area contributed by atoms with E-state index < -0.39 is 12.0 Å². The van der Waals surface area contributed by atoms with Crippen LogP contribution in [0.1, 0.15) is 24.0 Å². The number of hydrogen-bond acceptors (Lipinski definition) is 3. The molecule has 3 rings (SSSR count). The maximum atomic E-state index is 11.2. The predicted molar refractivity (Wildman–Crippen MR) is 82.5 cm³/mol. The van der Waals surface area contributed by atoms with E-state index in [4.69, 9.17) is 11.6 Å². The molecular weight excluding hydrogens is 288 g/mol. The first-order valence-electron chi connectivity index (χ1n) is 7.06. The maximum absolute atomic E-state index is 11.2. The average Bonchev–Trinajstić information content (AvgIpc) is 3.23. The van der Waals surface area contributed by atoms with Crippen LogP contribution in [0.5, 0.6) is 0 Å². The highest BCUT2D eigenvalue weighted by atomic mass is 35.5. The largest absolute Gasteiger partial charge is 0.480 e. The molecule has 5 heteroatoms. The molecule has 0 saturated heterocycles. The van der Waals surface area contributed by atoms with Gasteiger partial charge >= 0.3 is 5.97 Å². The Labute approximate surface area is 128 Å². The predicted octanol–water partition coefficient (Wildman–Crippen LogP) is 3.15. The van der Waals surface area contributed by atoms with Crippen LogP contribution in [0.3, 0.4) is 0 Å². The van der Waals surface area contributed by atoms with Gasteiger partial charge in [-0.15, -0.1) is 0 Å². The molecule has 0 amide bonds. The second-order valence-electron chi connectivity index (χ2n) is 5.67. The topological polar surface area (TPSA) is 62.2 Å². The first-order valence-corrected chi connectivity index (χ1v) is 7.44. The van der Waals surface area contributed by atoms with E-state index in [2.05, 4.69) is 10.3 Å². The monoisotopic (exact) mass is 304 g/mol. The van der Waals surface area contributed by atoms with Crippen molar-refractivity contribution in [3.8, 4) is 0 Å². The van der Waals surface area contributed by atoms with Crippen LogP contribution in [0.15, 0.2) is 24.3 Å². The number of halogens is 1. The number of aromatic nitrogens is 1. The lowest BCUT2D eigenvalue weighted by atomic mass is 10.1. The van der Waals surface area contributed by atoms with E-state index >= 15 is 0 Å². The fourth-order valence-corrected chi connectivity index (χ4v) is 2.74. The zero-order valence-electron chi connectivity index (χ0n) is 11.8. The van der Waals surface area contributed by atoms with Gasteiger partial charge in [0.05, 0.1) is 5.52 Å². The minimum Gasteiger partial charge on any atom is -0.480 e. The minimum atomic E-state index is -0.794. The highest BCUT2D eigenvalue weighted by molar-refractivity contribution is 6.30. The Kier molecular flexibility index (Phi) is 3.83. The molecule has 0 aliphatic heterocycles. The van der Waals surface area contributed by atoms with Crippen LogP contribution in [0.4, 0.5) is 0 Å². The summed E-state index contributed by atoms with van der Waals surface area (Å²) in [7, 11) is 0. The van der Waals surface area contributed by atoms with Gasteiger partial charge in [-0.05, 0) is 43.4 Å². The van der Waals surface area contributed by atoms with Crippen molar-refractivity contribution in [3.63, 3.8) is 0 Å². The zero-order valence-corrected chi connectivity index (χ0v) is 12.5. The van der Waals surface area contributed by atoms with E-state index in [9.17, 15) is 9.90 Å². The number of rotatable bonds is 5. The number of carbonyl (C=O) groups is 1. The summed E-state index contributed by atoms with van der Waals surface area (Å²) in [4.78, 5) is 15.6. The molecule has 1 aromatic heterocycles. The summed E-state index contributed by atoms with van der Waals surface area (Å²) in [6.45, 7) is 2.43. The molecular formula is C16H17ClN2O2. The summed E-state index contributed by atoms with van der Waals surface area (Å²) < 4.78 is 0. The molecule has 1 fully saturated rings. The fourth-order valence-electron chi connectivity index (χ4n) is 2.53. The maximum Gasteiger partial charge on any atom is 0.320 e. The Bertz CT molecular complexity index is 698. The fraction of sp³-hybridized carbons (Fsp3) is 0.375. The van der Waals surface area contributed by atoms with Gasteiger partial charge in [-0.2, -0.15) is 0 Å². The van der Waals surface area contributed by atoms with Crippen LogP contribution < -0.4 is 5.32 Å². The van der Waals surface area contributed by atoms with E-state index in [1.807, 2.05) is 31.2 Å². The third-order valence-electron chi connectivity index (χ3n) is 3.87. The number of aliphatic carboxylic acids is 1. The molecule has 1 atom stereocenters. The molecule has 1 heterocycles. The molecule has 1 aliphatic rings. The van der Waals surface area contributed by atoms with Gasteiger partial charge in [0, 0.05) is 17.5 Å². The Morgan fingerprint density at radius 3 is 2.90 bits per heavy atom. The molecule has 0 spiro atoms. The smallest absolute Gasteiger partial charge is 0.320 e. The second-order valence-corrected chi connectivity index (χ2v) is 6.03. The third-order valence-corrected chi connectivity index (χ3v) is 4.20. The molecule has 4 nitrogen and oxygen atoms in total. The van der Waals surface area contributed by atoms with Crippen molar-refractivity contribution >= 4 is 28.5 Å². The van der Waals surface area contributed by atoms with Crippen molar-refractivity contribution in [1.29, 1.82) is 0 Å². The molecule has 2 N–H and O–H groups in total. The molecule has 0 bridgehead atoms. The van der Waals surface area contributed by atoms with Gasteiger partial charge in [0.25, 0.3) is 0 Å². The molecule has 1 aromatic carbocycles. The van der Waals surface area contributed by atoms with E-state index in [-0.39, 0.29) is 5.92 Å². The van der Waals surface area contributed by atoms with Gasteiger partial charge in [0.1, 0.15) is 11.2 Å². The standard InChI is InChI=1S/C16H17ClN2O2/c1-9-2-3-11-7-12(15(17)19-13(11)6-9)8-18-14(16(20)21)10-4-5-10/h2-3,6-7,10,14,18H,4-5,8H2,1H3,(H,20,21). The van der Waals surface area contributed by atoms with Crippen LogP contribution in [0.25, 0.3) is 10.9 Å². The van der Waals surface area contributed by atoms with Crippen molar-refractivity contribution in [2.75, 3.05) is 0 Å². The second kappa shape index (κ2) is 5.62.